The molecule has 5 heteroatoms. The van der Waals surface area contributed by atoms with Gasteiger partial charge in [0.05, 0.1) is 5.41 Å². The Bertz CT molecular complexity index is 520. The molecule has 2 rings (SSSR count). The standard InChI is InChI=1S/C19H30ClN3O/c1-3-19(4-2,15-21)18(24)23-11-5-10-22(12-13-23)14-16-6-8-17(20)9-7-16/h6-9H,3-5,10-15,21H2,1-2H3. The number of benzene rings is 1. The normalized spacial score (nSPS) is 16.9. The largest absolute Gasteiger partial charge is 0.341 e. The van der Waals surface area contributed by atoms with Gasteiger partial charge in [0.25, 0.3) is 0 Å². The van der Waals surface area contributed by atoms with Crippen LogP contribution in [-0.4, -0.2) is 48.4 Å². The molecule has 0 unspecified atom stereocenters. The number of carbonyl (C=O) groups is 1. The van der Waals surface area contributed by atoms with Crippen molar-refractivity contribution < 1.29 is 4.79 Å². The minimum atomic E-state index is -0.384. The van der Waals surface area contributed by atoms with Crippen molar-refractivity contribution in [3.05, 3.63) is 34.9 Å². The minimum Gasteiger partial charge on any atom is -0.341 e. The fourth-order valence-electron chi connectivity index (χ4n) is 3.44. The molecule has 0 radical (unpaired) electrons. The van der Waals surface area contributed by atoms with Gasteiger partial charge in [-0.3, -0.25) is 9.69 Å². The van der Waals surface area contributed by atoms with Crippen molar-refractivity contribution in [1.29, 1.82) is 0 Å². The molecule has 1 heterocycles. The predicted molar refractivity (Wildman–Crippen MR) is 100.0 cm³/mol. The van der Waals surface area contributed by atoms with Gasteiger partial charge in [-0.15, -0.1) is 0 Å². The summed E-state index contributed by atoms with van der Waals surface area (Å²) in [5.41, 5.74) is 6.83. The molecule has 1 saturated heterocycles. The van der Waals surface area contributed by atoms with Crippen LogP contribution in [0.25, 0.3) is 0 Å². The van der Waals surface area contributed by atoms with Gasteiger partial charge in [-0.2, -0.15) is 0 Å². The molecule has 0 saturated carbocycles. The van der Waals surface area contributed by atoms with Crippen molar-refractivity contribution in [3.8, 4) is 0 Å². The number of carbonyl (C=O) groups excluding carboxylic acids is 1. The maximum absolute atomic E-state index is 13.0. The van der Waals surface area contributed by atoms with E-state index in [0.29, 0.717) is 6.54 Å². The second-order valence-electron chi connectivity index (χ2n) is 6.74. The third-order valence-corrected chi connectivity index (χ3v) is 5.65. The van der Waals surface area contributed by atoms with Gasteiger partial charge in [0.2, 0.25) is 5.91 Å². The van der Waals surface area contributed by atoms with Crippen LogP contribution in [0.4, 0.5) is 0 Å². The summed E-state index contributed by atoms with van der Waals surface area (Å²) in [6, 6.07) is 8.01. The quantitative estimate of drug-likeness (QED) is 0.856. The summed E-state index contributed by atoms with van der Waals surface area (Å²) in [5.74, 6) is 0.239. The van der Waals surface area contributed by atoms with E-state index in [0.717, 1.165) is 57.0 Å². The van der Waals surface area contributed by atoms with E-state index in [4.69, 9.17) is 17.3 Å². The highest BCUT2D eigenvalue weighted by Crippen LogP contribution is 2.28. The smallest absolute Gasteiger partial charge is 0.230 e. The van der Waals surface area contributed by atoms with Gasteiger partial charge in [-0.05, 0) is 37.0 Å². The Balaban J connectivity index is 1.96. The molecule has 1 aliphatic heterocycles. The van der Waals surface area contributed by atoms with Gasteiger partial charge in [0.15, 0.2) is 0 Å². The van der Waals surface area contributed by atoms with Crippen LogP contribution in [-0.2, 0) is 11.3 Å². The van der Waals surface area contributed by atoms with Crippen LogP contribution >= 0.6 is 11.6 Å². The summed E-state index contributed by atoms with van der Waals surface area (Å²) in [5, 5.41) is 0.767. The fourth-order valence-corrected chi connectivity index (χ4v) is 3.57. The number of rotatable bonds is 6. The Morgan fingerprint density at radius 2 is 1.79 bits per heavy atom. The lowest BCUT2D eigenvalue weighted by Crippen LogP contribution is -2.48. The van der Waals surface area contributed by atoms with Crippen LogP contribution in [0.2, 0.25) is 5.02 Å². The Hall–Kier alpha value is -1.10. The molecule has 1 aromatic rings. The second-order valence-corrected chi connectivity index (χ2v) is 7.18. The highest BCUT2D eigenvalue weighted by molar-refractivity contribution is 6.30. The van der Waals surface area contributed by atoms with Crippen LogP contribution < -0.4 is 5.73 Å². The van der Waals surface area contributed by atoms with Gasteiger partial charge in [0.1, 0.15) is 0 Å². The topological polar surface area (TPSA) is 49.6 Å². The average Bonchev–Trinajstić information content (AvgIpc) is 2.84. The van der Waals surface area contributed by atoms with E-state index in [9.17, 15) is 4.79 Å². The van der Waals surface area contributed by atoms with E-state index < -0.39 is 0 Å². The molecule has 0 aliphatic carbocycles. The highest BCUT2D eigenvalue weighted by atomic mass is 35.5. The van der Waals surface area contributed by atoms with E-state index >= 15 is 0 Å². The molecule has 1 fully saturated rings. The molecule has 4 nitrogen and oxygen atoms in total. The van der Waals surface area contributed by atoms with Crippen LogP contribution in [0.1, 0.15) is 38.7 Å². The van der Waals surface area contributed by atoms with Crippen LogP contribution in [0.3, 0.4) is 0 Å². The molecular weight excluding hydrogens is 322 g/mol. The molecule has 24 heavy (non-hydrogen) atoms. The third kappa shape index (κ3) is 4.50. The monoisotopic (exact) mass is 351 g/mol. The Morgan fingerprint density at radius 3 is 2.38 bits per heavy atom. The summed E-state index contributed by atoms with van der Waals surface area (Å²) >= 11 is 5.95. The summed E-state index contributed by atoms with van der Waals surface area (Å²) in [6.07, 6.45) is 2.63. The van der Waals surface area contributed by atoms with Gasteiger partial charge in [0, 0.05) is 44.3 Å². The third-order valence-electron chi connectivity index (χ3n) is 5.39. The Morgan fingerprint density at radius 1 is 1.12 bits per heavy atom. The molecule has 0 aromatic heterocycles. The van der Waals surface area contributed by atoms with Gasteiger partial charge >= 0.3 is 0 Å². The summed E-state index contributed by atoms with van der Waals surface area (Å²) in [6.45, 7) is 9.01. The summed E-state index contributed by atoms with van der Waals surface area (Å²) in [4.78, 5) is 17.4. The van der Waals surface area contributed by atoms with E-state index in [2.05, 4.69) is 30.9 Å². The number of halogens is 1. The molecule has 2 N–H and O–H groups in total. The lowest BCUT2D eigenvalue weighted by Gasteiger charge is -2.34. The second kappa shape index (κ2) is 8.84. The molecule has 0 spiro atoms. The van der Waals surface area contributed by atoms with Crippen LogP contribution in [0.5, 0.6) is 0 Å². The number of hydrogen-bond donors (Lipinski definition) is 1. The lowest BCUT2D eigenvalue weighted by molar-refractivity contribution is -0.142. The number of amides is 1. The zero-order valence-corrected chi connectivity index (χ0v) is 15.7. The molecule has 134 valence electrons. The summed E-state index contributed by atoms with van der Waals surface area (Å²) < 4.78 is 0. The van der Waals surface area contributed by atoms with Gasteiger partial charge in [-0.25, -0.2) is 0 Å². The minimum absolute atomic E-state index is 0.239. The molecule has 1 aromatic carbocycles. The van der Waals surface area contributed by atoms with Crippen molar-refractivity contribution >= 4 is 17.5 Å². The van der Waals surface area contributed by atoms with E-state index in [1.807, 2.05) is 17.0 Å². The van der Waals surface area contributed by atoms with Crippen LogP contribution in [0, 0.1) is 5.41 Å². The Labute approximate surface area is 150 Å². The first-order valence-corrected chi connectivity index (χ1v) is 9.38. The molecule has 1 amide bonds. The van der Waals surface area contributed by atoms with Crippen LogP contribution in [0.15, 0.2) is 24.3 Å². The molecule has 0 atom stereocenters. The summed E-state index contributed by atoms with van der Waals surface area (Å²) in [7, 11) is 0. The average molecular weight is 352 g/mol. The molecular formula is C19H30ClN3O. The highest BCUT2D eigenvalue weighted by Gasteiger charge is 2.37. The zero-order chi connectivity index (χ0) is 17.6. The maximum atomic E-state index is 13.0. The predicted octanol–water partition coefficient (Wildman–Crippen LogP) is 3.14. The maximum Gasteiger partial charge on any atom is 0.230 e. The van der Waals surface area contributed by atoms with Crippen molar-refractivity contribution in [2.75, 3.05) is 32.7 Å². The molecule has 0 bridgehead atoms. The van der Waals surface area contributed by atoms with E-state index in [1.54, 1.807) is 0 Å². The van der Waals surface area contributed by atoms with E-state index in [-0.39, 0.29) is 11.3 Å². The van der Waals surface area contributed by atoms with Crippen molar-refractivity contribution in [2.24, 2.45) is 11.1 Å². The van der Waals surface area contributed by atoms with Gasteiger partial charge < -0.3 is 10.6 Å². The SMILES string of the molecule is CCC(CC)(CN)C(=O)N1CCCN(Cc2ccc(Cl)cc2)CC1. The lowest BCUT2D eigenvalue weighted by atomic mass is 9.81. The fraction of sp³-hybridized carbons (Fsp3) is 0.632. The first-order valence-electron chi connectivity index (χ1n) is 9.01. The number of nitrogens with zero attached hydrogens (tertiary/aromatic N) is 2. The first kappa shape index (κ1) is 19.2. The van der Waals surface area contributed by atoms with Gasteiger partial charge in [-0.1, -0.05) is 37.6 Å². The van der Waals surface area contributed by atoms with Crippen molar-refractivity contribution in [3.63, 3.8) is 0 Å². The number of hydrogen-bond acceptors (Lipinski definition) is 3. The zero-order valence-electron chi connectivity index (χ0n) is 14.9. The van der Waals surface area contributed by atoms with Crippen molar-refractivity contribution in [2.45, 2.75) is 39.7 Å². The van der Waals surface area contributed by atoms with E-state index in [1.165, 1.54) is 5.56 Å². The van der Waals surface area contributed by atoms with Crippen molar-refractivity contribution in [1.82, 2.24) is 9.80 Å². The molecule has 1 aliphatic rings. The number of nitrogens with two attached hydrogens (primary N) is 1. The first-order chi connectivity index (χ1) is 11.5. The Kier molecular flexibility index (Phi) is 7.08.